The van der Waals surface area contributed by atoms with Gasteiger partial charge in [-0.25, -0.2) is 9.79 Å². The lowest BCUT2D eigenvalue weighted by atomic mass is 10.2. The molecule has 0 N–H and O–H groups in total. The van der Waals surface area contributed by atoms with Crippen LogP contribution in [0.3, 0.4) is 0 Å². The van der Waals surface area contributed by atoms with E-state index in [1.165, 1.54) is 18.9 Å². The Hall–Kier alpha value is 0.110. The summed E-state index contributed by atoms with van der Waals surface area (Å²) in [5, 5.41) is 0. The van der Waals surface area contributed by atoms with Gasteiger partial charge in [0.25, 0.3) is 0 Å². The summed E-state index contributed by atoms with van der Waals surface area (Å²) in [6.45, 7) is 2.80. The topological polar surface area (TPSA) is 29.4 Å². The molecular weight excluding hydrogens is 241 g/mol. The van der Waals surface area contributed by atoms with Gasteiger partial charge in [0.05, 0.1) is 6.54 Å². The molecular formula is C7H12INO. The molecule has 58 valence electrons. The Morgan fingerprint density at radius 2 is 2.30 bits per heavy atom. The molecule has 0 rings (SSSR count). The zero-order valence-electron chi connectivity index (χ0n) is 6.14. The van der Waals surface area contributed by atoms with Crippen LogP contribution < -0.4 is 0 Å². The number of alkyl halides is 1. The maximum Gasteiger partial charge on any atom is 0.234 e. The van der Waals surface area contributed by atoms with E-state index in [0.29, 0.717) is 10.5 Å². The number of hydrogen-bond donors (Lipinski definition) is 0. The van der Waals surface area contributed by atoms with Crippen LogP contribution in [0.5, 0.6) is 0 Å². The van der Waals surface area contributed by atoms with Gasteiger partial charge < -0.3 is 0 Å². The molecule has 0 aromatic rings. The summed E-state index contributed by atoms with van der Waals surface area (Å²) in [6, 6.07) is 0. The van der Waals surface area contributed by atoms with Gasteiger partial charge in [-0.15, -0.1) is 0 Å². The minimum atomic E-state index is 0.636. The third-order valence-electron chi connectivity index (χ3n) is 1.22. The predicted octanol–water partition coefficient (Wildman–Crippen LogP) is 2.32. The Morgan fingerprint density at radius 3 is 2.80 bits per heavy atom. The molecule has 0 radical (unpaired) electrons. The van der Waals surface area contributed by atoms with E-state index in [1.807, 2.05) is 0 Å². The highest BCUT2D eigenvalue weighted by Gasteiger charge is 1.99. The van der Waals surface area contributed by atoms with Gasteiger partial charge in [0, 0.05) is 3.92 Å². The quantitative estimate of drug-likeness (QED) is 0.320. The molecule has 0 aromatic carbocycles. The number of nitrogens with zero attached hydrogens (tertiary/aromatic N) is 1. The molecule has 0 spiro atoms. The Bertz CT molecular complexity index is 121. The van der Waals surface area contributed by atoms with Crippen LogP contribution >= 0.6 is 22.6 Å². The molecule has 1 atom stereocenters. The van der Waals surface area contributed by atoms with Gasteiger partial charge in [-0.1, -0.05) is 35.9 Å². The highest BCUT2D eigenvalue weighted by atomic mass is 127. The highest BCUT2D eigenvalue weighted by Crippen LogP contribution is 2.12. The maximum atomic E-state index is 9.65. The zero-order valence-corrected chi connectivity index (χ0v) is 8.30. The van der Waals surface area contributed by atoms with Crippen molar-refractivity contribution in [3.63, 3.8) is 0 Å². The Kier molecular flexibility index (Phi) is 7.30. The summed E-state index contributed by atoms with van der Waals surface area (Å²) in [4.78, 5) is 13.1. The van der Waals surface area contributed by atoms with Crippen LogP contribution in [-0.2, 0) is 4.79 Å². The molecule has 0 saturated heterocycles. The molecule has 10 heavy (non-hydrogen) atoms. The lowest BCUT2D eigenvalue weighted by molar-refractivity contribution is 0.562. The van der Waals surface area contributed by atoms with Crippen LogP contribution in [-0.4, -0.2) is 16.5 Å². The molecule has 1 unspecified atom stereocenters. The van der Waals surface area contributed by atoms with E-state index in [1.54, 1.807) is 0 Å². The first-order valence-corrected chi connectivity index (χ1v) is 4.73. The van der Waals surface area contributed by atoms with Crippen molar-refractivity contribution in [2.45, 2.75) is 30.1 Å². The van der Waals surface area contributed by atoms with E-state index in [-0.39, 0.29) is 0 Å². The molecule has 0 aliphatic heterocycles. The third-order valence-corrected chi connectivity index (χ3v) is 2.47. The second-order valence-corrected chi connectivity index (χ2v) is 3.91. The average Bonchev–Trinajstić information content (AvgIpc) is 1.89. The minimum absolute atomic E-state index is 0.636. The highest BCUT2D eigenvalue weighted by molar-refractivity contribution is 14.1. The fraction of sp³-hybridized carbons (Fsp3) is 0.857. The van der Waals surface area contributed by atoms with E-state index in [2.05, 4.69) is 34.5 Å². The molecule has 3 heteroatoms. The van der Waals surface area contributed by atoms with Gasteiger partial charge in [0.1, 0.15) is 0 Å². The molecule has 0 aliphatic carbocycles. The number of carbonyl (C=O) groups excluding carboxylic acids is 1. The molecule has 0 heterocycles. The standard InChI is InChI=1S/C7H12INO/c1-2-3-7(8)4-5-9-6-10/h7H,2-5H2,1H3. The summed E-state index contributed by atoms with van der Waals surface area (Å²) in [7, 11) is 0. The lowest BCUT2D eigenvalue weighted by Gasteiger charge is -2.03. The first-order valence-electron chi connectivity index (χ1n) is 3.49. The van der Waals surface area contributed by atoms with Crippen molar-refractivity contribution in [1.29, 1.82) is 0 Å². The van der Waals surface area contributed by atoms with Gasteiger partial charge in [-0.2, -0.15) is 0 Å². The van der Waals surface area contributed by atoms with Crippen molar-refractivity contribution in [3.05, 3.63) is 0 Å². The number of halogens is 1. The molecule has 0 fully saturated rings. The first-order chi connectivity index (χ1) is 4.81. The molecule has 0 aromatic heterocycles. The number of hydrogen-bond acceptors (Lipinski definition) is 2. The molecule has 2 nitrogen and oxygen atoms in total. The van der Waals surface area contributed by atoms with Gasteiger partial charge >= 0.3 is 0 Å². The van der Waals surface area contributed by atoms with Crippen LogP contribution in [0.15, 0.2) is 4.99 Å². The summed E-state index contributed by atoms with van der Waals surface area (Å²) in [6.07, 6.45) is 4.96. The zero-order chi connectivity index (χ0) is 7.82. The molecule has 0 aliphatic rings. The van der Waals surface area contributed by atoms with Crippen molar-refractivity contribution < 1.29 is 4.79 Å². The average molecular weight is 253 g/mol. The number of isocyanates is 1. The summed E-state index contributed by atoms with van der Waals surface area (Å²) >= 11 is 2.39. The Balaban J connectivity index is 3.20. The van der Waals surface area contributed by atoms with E-state index in [9.17, 15) is 4.79 Å². The van der Waals surface area contributed by atoms with Crippen molar-refractivity contribution in [2.75, 3.05) is 6.54 Å². The fourth-order valence-corrected chi connectivity index (χ4v) is 1.61. The smallest absolute Gasteiger partial charge is 0.211 e. The summed E-state index contributed by atoms with van der Waals surface area (Å²) < 4.78 is 0.666. The van der Waals surface area contributed by atoms with Crippen molar-refractivity contribution >= 4 is 28.7 Å². The summed E-state index contributed by atoms with van der Waals surface area (Å²) in [5.74, 6) is 0. The van der Waals surface area contributed by atoms with Crippen molar-refractivity contribution in [3.8, 4) is 0 Å². The third kappa shape index (κ3) is 6.23. The molecule has 0 amide bonds. The monoisotopic (exact) mass is 253 g/mol. The van der Waals surface area contributed by atoms with E-state index in [0.717, 1.165) is 6.42 Å². The largest absolute Gasteiger partial charge is 0.234 e. The van der Waals surface area contributed by atoms with Crippen molar-refractivity contribution in [1.82, 2.24) is 0 Å². The first kappa shape index (κ1) is 10.1. The van der Waals surface area contributed by atoms with E-state index < -0.39 is 0 Å². The minimum Gasteiger partial charge on any atom is -0.211 e. The van der Waals surface area contributed by atoms with Crippen LogP contribution in [0.25, 0.3) is 0 Å². The van der Waals surface area contributed by atoms with E-state index in [4.69, 9.17) is 0 Å². The summed E-state index contributed by atoms with van der Waals surface area (Å²) in [5.41, 5.74) is 0. The maximum absolute atomic E-state index is 9.65. The van der Waals surface area contributed by atoms with Crippen LogP contribution in [0, 0.1) is 0 Å². The van der Waals surface area contributed by atoms with Crippen LogP contribution in [0.2, 0.25) is 0 Å². The molecule has 0 saturated carbocycles. The van der Waals surface area contributed by atoms with Gasteiger partial charge in [0.2, 0.25) is 6.08 Å². The fourth-order valence-electron chi connectivity index (χ4n) is 0.708. The Labute approximate surface area is 75.2 Å². The lowest BCUT2D eigenvalue weighted by Crippen LogP contribution is -1.98. The predicted molar refractivity (Wildman–Crippen MR) is 50.3 cm³/mol. The second kappa shape index (κ2) is 7.22. The normalized spacial score (nSPS) is 12.2. The Morgan fingerprint density at radius 1 is 1.60 bits per heavy atom. The number of aliphatic imine (C=N–C) groups is 1. The van der Waals surface area contributed by atoms with Crippen molar-refractivity contribution in [2.24, 2.45) is 4.99 Å². The van der Waals surface area contributed by atoms with Crippen LogP contribution in [0.1, 0.15) is 26.2 Å². The van der Waals surface area contributed by atoms with E-state index >= 15 is 0 Å². The van der Waals surface area contributed by atoms with Gasteiger partial charge in [0.15, 0.2) is 0 Å². The van der Waals surface area contributed by atoms with Gasteiger partial charge in [-0.3, -0.25) is 0 Å². The van der Waals surface area contributed by atoms with Gasteiger partial charge in [-0.05, 0) is 12.8 Å². The second-order valence-electron chi connectivity index (χ2n) is 2.15. The molecule has 0 bridgehead atoms. The SMILES string of the molecule is CCCC(I)CCN=C=O. The number of rotatable bonds is 5. The van der Waals surface area contributed by atoms with Crippen LogP contribution in [0.4, 0.5) is 0 Å².